The Bertz CT molecular complexity index is 844. The molecule has 0 N–H and O–H groups in total. The predicted molar refractivity (Wildman–Crippen MR) is 89.1 cm³/mol. The van der Waals surface area contributed by atoms with E-state index >= 15 is 0 Å². The van der Waals surface area contributed by atoms with E-state index in [1.165, 1.54) is 5.56 Å². The van der Waals surface area contributed by atoms with Crippen LogP contribution in [0.4, 0.5) is 0 Å². The Balaban J connectivity index is 2.31. The van der Waals surface area contributed by atoms with Gasteiger partial charge in [0.2, 0.25) is 0 Å². The number of aromatic nitrogens is 2. The molecule has 0 saturated carbocycles. The van der Waals surface area contributed by atoms with Crippen LogP contribution in [-0.2, 0) is 6.54 Å². The molecule has 3 rings (SSSR count). The third kappa shape index (κ3) is 2.40. The number of hydrogen-bond acceptors (Lipinski definition) is 3. The fourth-order valence-corrected chi connectivity index (χ4v) is 3.61. The van der Waals surface area contributed by atoms with Crippen molar-refractivity contribution in [3.63, 3.8) is 0 Å². The second-order valence-corrected chi connectivity index (χ2v) is 6.53. The van der Waals surface area contributed by atoms with Crippen LogP contribution in [0.15, 0.2) is 35.4 Å². The summed E-state index contributed by atoms with van der Waals surface area (Å²) in [5.41, 5.74) is 3.43. The lowest BCUT2D eigenvalue weighted by molar-refractivity contribution is 0.648. The Kier molecular flexibility index (Phi) is 3.64. The van der Waals surface area contributed by atoms with Gasteiger partial charge in [-0.1, -0.05) is 36.8 Å². The highest BCUT2D eigenvalue weighted by Gasteiger charge is 2.16. The van der Waals surface area contributed by atoms with Crippen LogP contribution in [0.2, 0.25) is 0 Å². The molecule has 0 bridgehead atoms. The lowest BCUT2D eigenvalue weighted by Gasteiger charge is -2.05. The van der Waals surface area contributed by atoms with Gasteiger partial charge in [0.25, 0.3) is 5.56 Å². The zero-order valence-electron chi connectivity index (χ0n) is 12.5. The predicted octanol–water partition coefficient (Wildman–Crippen LogP) is 4.15. The average molecular weight is 298 g/mol. The number of nitrogens with zero attached hydrogens (tertiary/aromatic N) is 2. The molecule has 0 amide bonds. The van der Waals surface area contributed by atoms with E-state index < -0.39 is 0 Å². The maximum absolute atomic E-state index is 12.7. The molecule has 0 saturated heterocycles. The molecule has 0 aliphatic heterocycles. The highest BCUT2D eigenvalue weighted by atomic mass is 32.1. The first-order valence-corrected chi connectivity index (χ1v) is 7.99. The van der Waals surface area contributed by atoms with Crippen molar-refractivity contribution in [2.24, 2.45) is 0 Å². The van der Waals surface area contributed by atoms with Gasteiger partial charge in [-0.2, -0.15) is 0 Å². The third-order valence-electron chi connectivity index (χ3n) is 3.66. The molecule has 3 nitrogen and oxygen atoms in total. The number of hydrogen-bond donors (Lipinski definition) is 0. The molecular formula is C17H18N2OS. The first-order chi connectivity index (χ1) is 10.1. The number of aryl methyl sites for hydroxylation is 3. The molecule has 0 unspecified atom stereocenters. The van der Waals surface area contributed by atoms with Crippen molar-refractivity contribution in [1.29, 1.82) is 0 Å². The molecule has 0 radical (unpaired) electrons. The van der Waals surface area contributed by atoms with E-state index in [0.29, 0.717) is 6.54 Å². The Morgan fingerprint density at radius 3 is 2.57 bits per heavy atom. The van der Waals surface area contributed by atoms with Gasteiger partial charge >= 0.3 is 0 Å². The molecule has 4 heteroatoms. The standard InChI is InChI=1S/C17H18N2OS/c1-4-9-19-10-18-16-15(17(19)20)14(12(3)21-16)13-7-5-11(2)6-8-13/h5-8,10H,4,9H2,1-3H3. The number of thiophene rings is 1. The van der Waals surface area contributed by atoms with Gasteiger partial charge in [0.05, 0.1) is 11.7 Å². The van der Waals surface area contributed by atoms with Crippen LogP contribution in [0.25, 0.3) is 21.3 Å². The molecule has 0 aliphatic carbocycles. The topological polar surface area (TPSA) is 34.9 Å². The second kappa shape index (κ2) is 5.45. The van der Waals surface area contributed by atoms with Gasteiger partial charge in [0.15, 0.2) is 0 Å². The number of benzene rings is 1. The molecule has 108 valence electrons. The van der Waals surface area contributed by atoms with Crippen LogP contribution < -0.4 is 5.56 Å². The smallest absolute Gasteiger partial charge is 0.262 e. The molecule has 0 aliphatic rings. The summed E-state index contributed by atoms with van der Waals surface area (Å²) in [5, 5.41) is 0.761. The monoisotopic (exact) mass is 298 g/mol. The zero-order valence-corrected chi connectivity index (χ0v) is 13.3. The molecule has 0 atom stereocenters. The highest BCUT2D eigenvalue weighted by molar-refractivity contribution is 7.19. The maximum Gasteiger partial charge on any atom is 0.262 e. The van der Waals surface area contributed by atoms with Crippen LogP contribution in [0.5, 0.6) is 0 Å². The van der Waals surface area contributed by atoms with Gasteiger partial charge in [-0.05, 0) is 25.8 Å². The lowest BCUT2D eigenvalue weighted by Crippen LogP contribution is -2.20. The molecule has 3 aromatic rings. The van der Waals surface area contributed by atoms with Gasteiger partial charge in [-0.3, -0.25) is 9.36 Å². The van der Waals surface area contributed by atoms with Crippen LogP contribution >= 0.6 is 11.3 Å². The van der Waals surface area contributed by atoms with E-state index in [1.54, 1.807) is 22.2 Å². The van der Waals surface area contributed by atoms with Crippen molar-refractivity contribution in [2.45, 2.75) is 33.7 Å². The molecule has 1 aromatic carbocycles. The van der Waals surface area contributed by atoms with Crippen molar-refractivity contribution in [3.05, 3.63) is 51.4 Å². The first-order valence-electron chi connectivity index (χ1n) is 7.17. The van der Waals surface area contributed by atoms with Crippen molar-refractivity contribution < 1.29 is 0 Å². The maximum atomic E-state index is 12.7. The Morgan fingerprint density at radius 2 is 1.90 bits per heavy atom. The lowest BCUT2D eigenvalue weighted by atomic mass is 10.0. The molecule has 21 heavy (non-hydrogen) atoms. The van der Waals surface area contributed by atoms with E-state index in [-0.39, 0.29) is 5.56 Å². The largest absolute Gasteiger partial charge is 0.299 e. The third-order valence-corrected chi connectivity index (χ3v) is 4.67. The Labute approximate surface area is 127 Å². The quantitative estimate of drug-likeness (QED) is 0.728. The van der Waals surface area contributed by atoms with E-state index in [0.717, 1.165) is 32.6 Å². The van der Waals surface area contributed by atoms with Gasteiger partial charge in [-0.25, -0.2) is 4.98 Å². The first kappa shape index (κ1) is 14.0. The normalized spacial score (nSPS) is 11.2. The minimum Gasteiger partial charge on any atom is -0.299 e. The Hall–Kier alpha value is -1.94. The summed E-state index contributed by atoms with van der Waals surface area (Å²) in [6.07, 6.45) is 2.60. The Morgan fingerprint density at radius 1 is 1.19 bits per heavy atom. The number of rotatable bonds is 3. The SMILES string of the molecule is CCCn1cnc2sc(C)c(-c3ccc(C)cc3)c2c1=O. The molecule has 2 aromatic heterocycles. The average Bonchev–Trinajstić information content (AvgIpc) is 2.80. The molecular weight excluding hydrogens is 280 g/mol. The van der Waals surface area contributed by atoms with Gasteiger partial charge < -0.3 is 0 Å². The number of fused-ring (bicyclic) bond motifs is 1. The van der Waals surface area contributed by atoms with Gasteiger partial charge in [0.1, 0.15) is 4.83 Å². The molecule has 0 fully saturated rings. The fraction of sp³-hybridized carbons (Fsp3) is 0.294. The summed E-state index contributed by atoms with van der Waals surface area (Å²) in [5.74, 6) is 0. The van der Waals surface area contributed by atoms with Gasteiger partial charge in [0, 0.05) is 17.0 Å². The van der Waals surface area contributed by atoms with Crippen molar-refractivity contribution in [3.8, 4) is 11.1 Å². The molecule has 0 spiro atoms. The van der Waals surface area contributed by atoms with Crippen LogP contribution in [0.1, 0.15) is 23.8 Å². The summed E-state index contributed by atoms with van der Waals surface area (Å²) >= 11 is 1.59. The molecule has 2 heterocycles. The van der Waals surface area contributed by atoms with Crippen LogP contribution in [0.3, 0.4) is 0 Å². The summed E-state index contributed by atoms with van der Waals surface area (Å²) in [7, 11) is 0. The minimum absolute atomic E-state index is 0.0711. The summed E-state index contributed by atoms with van der Waals surface area (Å²) in [4.78, 5) is 19.2. The van der Waals surface area contributed by atoms with Crippen molar-refractivity contribution in [1.82, 2.24) is 9.55 Å². The van der Waals surface area contributed by atoms with Crippen LogP contribution in [-0.4, -0.2) is 9.55 Å². The van der Waals surface area contributed by atoms with E-state index in [9.17, 15) is 4.79 Å². The summed E-state index contributed by atoms with van der Waals surface area (Å²) in [6.45, 7) is 6.91. The zero-order chi connectivity index (χ0) is 15.0. The van der Waals surface area contributed by atoms with E-state index in [1.807, 2.05) is 0 Å². The highest BCUT2D eigenvalue weighted by Crippen LogP contribution is 2.35. The van der Waals surface area contributed by atoms with E-state index in [4.69, 9.17) is 0 Å². The van der Waals surface area contributed by atoms with Crippen LogP contribution in [0, 0.1) is 13.8 Å². The minimum atomic E-state index is 0.0711. The van der Waals surface area contributed by atoms with Crippen molar-refractivity contribution in [2.75, 3.05) is 0 Å². The summed E-state index contributed by atoms with van der Waals surface area (Å²) in [6, 6.07) is 8.33. The van der Waals surface area contributed by atoms with Gasteiger partial charge in [-0.15, -0.1) is 11.3 Å². The fourth-order valence-electron chi connectivity index (χ4n) is 2.61. The van der Waals surface area contributed by atoms with Crippen molar-refractivity contribution >= 4 is 21.6 Å². The van der Waals surface area contributed by atoms with E-state index in [2.05, 4.69) is 50.0 Å². The second-order valence-electron chi connectivity index (χ2n) is 5.32. The summed E-state index contributed by atoms with van der Waals surface area (Å²) < 4.78 is 1.71.